The number of methoxy groups -OCH3 is 1. The summed E-state index contributed by atoms with van der Waals surface area (Å²) in [6.07, 6.45) is 0.955. The van der Waals surface area contributed by atoms with Crippen molar-refractivity contribution in [2.45, 2.75) is 39.4 Å². The Balaban J connectivity index is 2.31. The zero-order valence-corrected chi connectivity index (χ0v) is 13.6. The number of ether oxygens (including phenoxy) is 1. The molecule has 0 bridgehead atoms. The molecular formula is C16H27N3O2. The highest BCUT2D eigenvalue weighted by molar-refractivity contribution is 5.29. The number of likely N-dealkylation sites (N-methyl/N-ethyl adjacent to an activating group) is 1. The number of hydrogen-bond donors (Lipinski definition) is 1. The molecule has 21 heavy (non-hydrogen) atoms. The highest BCUT2D eigenvalue weighted by Crippen LogP contribution is 2.20. The zero-order chi connectivity index (χ0) is 15.4. The van der Waals surface area contributed by atoms with E-state index in [9.17, 15) is 4.79 Å². The van der Waals surface area contributed by atoms with Gasteiger partial charge in [-0.3, -0.25) is 4.79 Å². The van der Waals surface area contributed by atoms with E-state index >= 15 is 0 Å². The van der Waals surface area contributed by atoms with Crippen molar-refractivity contribution in [3.8, 4) is 0 Å². The van der Waals surface area contributed by atoms with Crippen LogP contribution in [-0.4, -0.2) is 43.3 Å². The summed E-state index contributed by atoms with van der Waals surface area (Å²) in [5.41, 5.74) is 3.52. The van der Waals surface area contributed by atoms with Gasteiger partial charge in [-0.2, -0.15) is 0 Å². The normalized spacial score (nSPS) is 15.5. The predicted octanol–water partition coefficient (Wildman–Crippen LogP) is 1.15. The van der Waals surface area contributed by atoms with E-state index in [1.54, 1.807) is 7.11 Å². The van der Waals surface area contributed by atoms with E-state index in [0.717, 1.165) is 31.6 Å². The van der Waals surface area contributed by atoms with Crippen LogP contribution in [0.1, 0.15) is 36.7 Å². The fourth-order valence-electron chi connectivity index (χ4n) is 2.94. The summed E-state index contributed by atoms with van der Waals surface area (Å²) in [5.74, 6) is 0. The summed E-state index contributed by atoms with van der Waals surface area (Å²) in [6, 6.07) is 2.29. The molecule has 1 aliphatic rings. The first-order valence-corrected chi connectivity index (χ1v) is 7.69. The molecule has 0 unspecified atom stereocenters. The maximum atomic E-state index is 12.7. The highest BCUT2D eigenvalue weighted by atomic mass is 16.5. The van der Waals surface area contributed by atoms with Crippen LogP contribution in [0.2, 0.25) is 0 Å². The van der Waals surface area contributed by atoms with E-state index in [1.165, 1.54) is 11.3 Å². The molecule has 118 valence electrons. The van der Waals surface area contributed by atoms with Crippen LogP contribution in [-0.2, 0) is 24.2 Å². The Kier molecular flexibility index (Phi) is 5.56. The lowest BCUT2D eigenvalue weighted by Crippen LogP contribution is -2.37. The number of fused-ring (bicyclic) bond motifs is 1. The quantitative estimate of drug-likeness (QED) is 0.799. The van der Waals surface area contributed by atoms with Gasteiger partial charge in [0.1, 0.15) is 0 Å². The first kappa shape index (κ1) is 16.2. The molecule has 2 heterocycles. The summed E-state index contributed by atoms with van der Waals surface area (Å²) in [5, 5.41) is 3.28. The lowest BCUT2D eigenvalue weighted by Gasteiger charge is -2.29. The van der Waals surface area contributed by atoms with E-state index in [4.69, 9.17) is 4.74 Å². The van der Waals surface area contributed by atoms with Gasteiger partial charge in [-0.1, -0.05) is 0 Å². The average molecular weight is 293 g/mol. The first-order chi connectivity index (χ1) is 10.0. The van der Waals surface area contributed by atoms with Crippen molar-refractivity contribution in [3.63, 3.8) is 0 Å². The molecule has 1 N–H and O–H groups in total. The van der Waals surface area contributed by atoms with Crippen LogP contribution in [0.25, 0.3) is 0 Å². The smallest absolute Gasteiger partial charge is 0.255 e. The second kappa shape index (κ2) is 7.20. The summed E-state index contributed by atoms with van der Waals surface area (Å²) in [6.45, 7) is 8.13. The standard InChI is InChI=1S/C16H27N3O2/c1-12(2)19-15-5-7-18(3)11-14(15)9-13(16(19)20)10-17-6-8-21-4/h9,12,17H,5-8,10-11H2,1-4H3. The largest absolute Gasteiger partial charge is 0.383 e. The Labute approximate surface area is 126 Å². The van der Waals surface area contributed by atoms with Gasteiger partial charge in [0.2, 0.25) is 0 Å². The van der Waals surface area contributed by atoms with E-state index in [-0.39, 0.29) is 11.6 Å². The van der Waals surface area contributed by atoms with Crippen molar-refractivity contribution in [1.82, 2.24) is 14.8 Å². The second-order valence-electron chi connectivity index (χ2n) is 6.07. The van der Waals surface area contributed by atoms with Crippen molar-refractivity contribution < 1.29 is 4.74 Å². The number of aromatic nitrogens is 1. The molecule has 1 aliphatic heterocycles. The summed E-state index contributed by atoms with van der Waals surface area (Å²) >= 11 is 0. The molecule has 1 aromatic heterocycles. The van der Waals surface area contributed by atoms with Gasteiger partial charge in [0.15, 0.2) is 0 Å². The van der Waals surface area contributed by atoms with Crippen LogP contribution in [0.3, 0.4) is 0 Å². The van der Waals surface area contributed by atoms with Crippen molar-refractivity contribution in [2.75, 3.05) is 33.9 Å². The summed E-state index contributed by atoms with van der Waals surface area (Å²) in [4.78, 5) is 15.0. The molecule has 1 aromatic rings. The van der Waals surface area contributed by atoms with Gasteiger partial charge in [0.25, 0.3) is 5.56 Å². The third-order valence-electron chi connectivity index (χ3n) is 3.99. The van der Waals surface area contributed by atoms with E-state index in [0.29, 0.717) is 13.2 Å². The molecule has 0 aromatic carbocycles. The zero-order valence-electron chi connectivity index (χ0n) is 13.6. The second-order valence-corrected chi connectivity index (χ2v) is 6.07. The molecule has 0 aliphatic carbocycles. The fraction of sp³-hybridized carbons (Fsp3) is 0.688. The molecule has 5 heteroatoms. The molecule has 2 rings (SSSR count). The van der Waals surface area contributed by atoms with Crippen LogP contribution in [0.4, 0.5) is 0 Å². The Bertz CT molecular complexity index is 537. The van der Waals surface area contributed by atoms with Crippen LogP contribution < -0.4 is 10.9 Å². The SMILES string of the molecule is COCCNCc1cc2c(n(C(C)C)c1=O)CCN(C)C2. The van der Waals surface area contributed by atoms with Gasteiger partial charge in [0.05, 0.1) is 6.61 Å². The van der Waals surface area contributed by atoms with Crippen LogP contribution in [0, 0.1) is 0 Å². The molecular weight excluding hydrogens is 266 g/mol. The van der Waals surface area contributed by atoms with E-state index < -0.39 is 0 Å². The molecule has 0 spiro atoms. The van der Waals surface area contributed by atoms with Crippen LogP contribution >= 0.6 is 0 Å². The Morgan fingerprint density at radius 1 is 1.43 bits per heavy atom. The third-order valence-corrected chi connectivity index (χ3v) is 3.99. The fourth-order valence-corrected chi connectivity index (χ4v) is 2.94. The van der Waals surface area contributed by atoms with Crippen molar-refractivity contribution in [1.29, 1.82) is 0 Å². The monoisotopic (exact) mass is 293 g/mol. The van der Waals surface area contributed by atoms with Crippen molar-refractivity contribution in [2.24, 2.45) is 0 Å². The lowest BCUT2D eigenvalue weighted by atomic mass is 10.0. The minimum absolute atomic E-state index is 0.151. The van der Waals surface area contributed by atoms with Gasteiger partial charge in [-0.05, 0) is 32.5 Å². The average Bonchev–Trinajstić information content (AvgIpc) is 2.43. The van der Waals surface area contributed by atoms with Gasteiger partial charge < -0.3 is 19.5 Å². The Hall–Kier alpha value is -1.17. The van der Waals surface area contributed by atoms with E-state index in [1.807, 2.05) is 4.57 Å². The van der Waals surface area contributed by atoms with Gasteiger partial charge in [0, 0.05) is 57.0 Å². The topological polar surface area (TPSA) is 46.5 Å². The lowest BCUT2D eigenvalue weighted by molar-refractivity contribution is 0.199. The number of rotatable bonds is 6. The number of pyridine rings is 1. The number of nitrogens with zero attached hydrogens (tertiary/aromatic N) is 2. The molecule has 0 radical (unpaired) electrons. The van der Waals surface area contributed by atoms with Crippen LogP contribution in [0.15, 0.2) is 10.9 Å². The minimum atomic E-state index is 0.151. The van der Waals surface area contributed by atoms with Gasteiger partial charge in [-0.15, -0.1) is 0 Å². The van der Waals surface area contributed by atoms with Gasteiger partial charge in [-0.25, -0.2) is 0 Å². The maximum absolute atomic E-state index is 12.7. The van der Waals surface area contributed by atoms with Crippen molar-refractivity contribution in [3.05, 3.63) is 33.2 Å². The van der Waals surface area contributed by atoms with E-state index in [2.05, 4.69) is 37.2 Å². The summed E-state index contributed by atoms with van der Waals surface area (Å²) in [7, 11) is 3.81. The molecule has 0 saturated heterocycles. The third kappa shape index (κ3) is 3.73. The minimum Gasteiger partial charge on any atom is -0.383 e. The van der Waals surface area contributed by atoms with Crippen LogP contribution in [0.5, 0.6) is 0 Å². The molecule has 0 amide bonds. The van der Waals surface area contributed by atoms with Gasteiger partial charge >= 0.3 is 0 Å². The number of nitrogens with one attached hydrogen (secondary N) is 1. The maximum Gasteiger partial charge on any atom is 0.255 e. The molecule has 0 fully saturated rings. The van der Waals surface area contributed by atoms with Crippen molar-refractivity contribution >= 4 is 0 Å². The first-order valence-electron chi connectivity index (χ1n) is 7.69. The molecule has 5 nitrogen and oxygen atoms in total. The molecule has 0 atom stereocenters. The number of hydrogen-bond acceptors (Lipinski definition) is 4. The Morgan fingerprint density at radius 2 is 2.19 bits per heavy atom. The predicted molar refractivity (Wildman–Crippen MR) is 84.7 cm³/mol. The Morgan fingerprint density at radius 3 is 2.86 bits per heavy atom. The molecule has 0 saturated carbocycles. The summed E-state index contributed by atoms with van der Waals surface area (Å²) < 4.78 is 7.01. The highest BCUT2D eigenvalue weighted by Gasteiger charge is 2.21.